The maximum atomic E-state index is 5.59. The van der Waals surface area contributed by atoms with E-state index in [1.165, 1.54) is 6.42 Å². The molecule has 1 rings (SSSR count). The molecule has 0 atom stereocenters. The molecule has 0 saturated carbocycles. The van der Waals surface area contributed by atoms with Gasteiger partial charge in [0.2, 0.25) is 0 Å². The fourth-order valence-corrected chi connectivity index (χ4v) is 1.63. The highest BCUT2D eigenvalue weighted by Gasteiger charge is 1.98. The third kappa shape index (κ3) is 7.85. The van der Waals surface area contributed by atoms with E-state index in [0.717, 1.165) is 51.4 Å². The van der Waals surface area contributed by atoms with Gasteiger partial charge < -0.3 is 14.8 Å². The number of hydrogen-bond donors (Lipinski definition) is 1. The van der Waals surface area contributed by atoms with Gasteiger partial charge in [-0.2, -0.15) is 5.10 Å². The molecule has 5 nitrogen and oxygen atoms in total. The van der Waals surface area contributed by atoms with Crippen LogP contribution in [0.2, 0.25) is 0 Å². The number of aryl methyl sites for hydroxylation is 1. The second kappa shape index (κ2) is 10.8. The Morgan fingerprint density at radius 1 is 1.16 bits per heavy atom. The summed E-state index contributed by atoms with van der Waals surface area (Å²) in [5.41, 5.74) is 0. The second-order valence-electron chi connectivity index (χ2n) is 4.50. The minimum absolute atomic E-state index is 0.660. The van der Waals surface area contributed by atoms with Gasteiger partial charge in [0.15, 0.2) is 5.75 Å². The number of aromatic nitrogens is 2. The molecule has 110 valence electrons. The Hall–Kier alpha value is -1.07. The zero-order valence-corrected chi connectivity index (χ0v) is 12.2. The molecular formula is C14H27N3O2. The first-order valence-electron chi connectivity index (χ1n) is 7.30. The van der Waals surface area contributed by atoms with Crippen molar-refractivity contribution in [3.05, 3.63) is 12.4 Å². The molecule has 19 heavy (non-hydrogen) atoms. The zero-order chi connectivity index (χ0) is 13.8. The van der Waals surface area contributed by atoms with Crippen molar-refractivity contribution in [2.45, 2.75) is 39.7 Å². The van der Waals surface area contributed by atoms with Crippen LogP contribution in [0.3, 0.4) is 0 Å². The molecular weight excluding hydrogens is 242 g/mol. The van der Waals surface area contributed by atoms with Crippen molar-refractivity contribution in [3.8, 4) is 5.75 Å². The molecule has 1 aromatic heterocycles. The molecule has 0 unspecified atom stereocenters. The van der Waals surface area contributed by atoms with Crippen LogP contribution in [-0.4, -0.2) is 42.7 Å². The molecule has 0 aliphatic carbocycles. The van der Waals surface area contributed by atoms with Gasteiger partial charge in [0.05, 0.1) is 19.0 Å². The predicted molar refractivity (Wildman–Crippen MR) is 76.6 cm³/mol. The molecule has 0 amide bonds. The largest absolute Gasteiger partial charge is 0.489 e. The van der Waals surface area contributed by atoms with E-state index >= 15 is 0 Å². The lowest BCUT2D eigenvalue weighted by Crippen LogP contribution is -2.25. The number of hydrogen-bond acceptors (Lipinski definition) is 4. The summed E-state index contributed by atoms with van der Waals surface area (Å²) in [6.45, 7) is 9.25. The Bertz CT molecular complexity index is 315. The van der Waals surface area contributed by atoms with Crippen molar-refractivity contribution in [2.24, 2.45) is 0 Å². The third-order valence-electron chi connectivity index (χ3n) is 2.68. The zero-order valence-electron chi connectivity index (χ0n) is 12.2. The van der Waals surface area contributed by atoms with Gasteiger partial charge in [-0.1, -0.05) is 20.3 Å². The summed E-state index contributed by atoms with van der Waals surface area (Å²) in [6.07, 6.45) is 7.12. The van der Waals surface area contributed by atoms with Crippen molar-refractivity contribution in [1.82, 2.24) is 15.1 Å². The first-order chi connectivity index (χ1) is 9.36. The number of nitrogens with one attached hydrogen (secondary N) is 1. The maximum Gasteiger partial charge on any atom is 0.157 e. The summed E-state index contributed by atoms with van der Waals surface area (Å²) in [7, 11) is 0. The molecule has 0 aliphatic heterocycles. The second-order valence-corrected chi connectivity index (χ2v) is 4.50. The van der Waals surface area contributed by atoms with Gasteiger partial charge in [-0.25, -0.2) is 0 Å². The van der Waals surface area contributed by atoms with Crippen LogP contribution in [0.1, 0.15) is 33.1 Å². The average molecular weight is 269 g/mol. The van der Waals surface area contributed by atoms with E-state index < -0.39 is 0 Å². The topological polar surface area (TPSA) is 48.3 Å². The summed E-state index contributed by atoms with van der Waals surface area (Å²) >= 11 is 0. The quantitative estimate of drug-likeness (QED) is 0.590. The highest BCUT2D eigenvalue weighted by atomic mass is 16.5. The van der Waals surface area contributed by atoms with Gasteiger partial charge in [0.1, 0.15) is 6.61 Å². The lowest BCUT2D eigenvalue weighted by Gasteiger charge is -2.06. The summed E-state index contributed by atoms with van der Waals surface area (Å²) in [5, 5.41) is 7.50. The SMILES string of the molecule is CCCCOCCNCCOc1cnn(CCC)c1. The molecule has 0 spiro atoms. The van der Waals surface area contributed by atoms with Crippen LogP contribution in [-0.2, 0) is 11.3 Å². The molecule has 5 heteroatoms. The Labute approximate surface area is 116 Å². The Balaban J connectivity index is 1.92. The number of rotatable bonds is 12. The molecule has 0 bridgehead atoms. The van der Waals surface area contributed by atoms with Crippen LogP contribution in [0, 0.1) is 0 Å². The number of nitrogens with zero attached hydrogens (tertiary/aromatic N) is 2. The number of unbranched alkanes of at least 4 members (excludes halogenated alkanes) is 1. The van der Waals surface area contributed by atoms with Crippen molar-refractivity contribution in [1.29, 1.82) is 0 Å². The van der Waals surface area contributed by atoms with Crippen molar-refractivity contribution < 1.29 is 9.47 Å². The van der Waals surface area contributed by atoms with Gasteiger partial charge in [0, 0.05) is 26.2 Å². The van der Waals surface area contributed by atoms with Gasteiger partial charge >= 0.3 is 0 Å². The molecule has 1 N–H and O–H groups in total. The van der Waals surface area contributed by atoms with E-state index in [-0.39, 0.29) is 0 Å². The highest BCUT2D eigenvalue weighted by molar-refractivity contribution is 5.11. The Kier molecular flexibility index (Phi) is 9.10. The normalized spacial score (nSPS) is 10.8. The minimum atomic E-state index is 0.660. The smallest absolute Gasteiger partial charge is 0.157 e. The summed E-state index contributed by atoms with van der Waals surface area (Å²) < 4.78 is 13.0. The van der Waals surface area contributed by atoms with Crippen molar-refractivity contribution in [3.63, 3.8) is 0 Å². The Morgan fingerprint density at radius 3 is 2.79 bits per heavy atom. The molecule has 0 aliphatic rings. The Morgan fingerprint density at radius 2 is 2.00 bits per heavy atom. The van der Waals surface area contributed by atoms with Gasteiger partial charge in [-0.3, -0.25) is 4.68 Å². The lowest BCUT2D eigenvalue weighted by molar-refractivity contribution is 0.132. The maximum absolute atomic E-state index is 5.59. The van der Waals surface area contributed by atoms with Crippen LogP contribution >= 0.6 is 0 Å². The molecule has 0 saturated heterocycles. The summed E-state index contributed by atoms with van der Waals surface area (Å²) in [5.74, 6) is 0.842. The fraction of sp³-hybridized carbons (Fsp3) is 0.786. The van der Waals surface area contributed by atoms with Gasteiger partial charge in [-0.15, -0.1) is 0 Å². The highest BCUT2D eigenvalue weighted by Crippen LogP contribution is 2.07. The van der Waals surface area contributed by atoms with E-state index in [0.29, 0.717) is 6.61 Å². The van der Waals surface area contributed by atoms with Crippen LogP contribution in [0.15, 0.2) is 12.4 Å². The van der Waals surface area contributed by atoms with E-state index in [1.807, 2.05) is 10.9 Å². The van der Waals surface area contributed by atoms with Crippen LogP contribution in [0.4, 0.5) is 0 Å². The predicted octanol–water partition coefficient (Wildman–Crippen LogP) is 2.08. The van der Waals surface area contributed by atoms with Gasteiger partial charge in [-0.05, 0) is 12.8 Å². The van der Waals surface area contributed by atoms with Crippen LogP contribution in [0.25, 0.3) is 0 Å². The van der Waals surface area contributed by atoms with E-state index in [9.17, 15) is 0 Å². The fourth-order valence-electron chi connectivity index (χ4n) is 1.63. The van der Waals surface area contributed by atoms with Crippen LogP contribution in [0.5, 0.6) is 5.75 Å². The first kappa shape index (κ1) is 16.0. The standard InChI is InChI=1S/C14H27N3O2/c1-3-5-9-18-10-6-15-7-11-19-14-12-16-17(13-14)8-4-2/h12-13,15H,3-11H2,1-2H3. The summed E-state index contributed by atoms with van der Waals surface area (Å²) in [4.78, 5) is 0. The van der Waals surface area contributed by atoms with E-state index in [2.05, 4.69) is 24.3 Å². The molecule has 0 fully saturated rings. The first-order valence-corrected chi connectivity index (χ1v) is 7.30. The van der Waals surface area contributed by atoms with Crippen LogP contribution < -0.4 is 10.1 Å². The van der Waals surface area contributed by atoms with Gasteiger partial charge in [0.25, 0.3) is 0 Å². The van der Waals surface area contributed by atoms with E-state index in [4.69, 9.17) is 9.47 Å². The molecule has 1 heterocycles. The lowest BCUT2D eigenvalue weighted by atomic mass is 10.4. The molecule has 1 aromatic rings. The average Bonchev–Trinajstić information content (AvgIpc) is 2.85. The monoisotopic (exact) mass is 269 g/mol. The van der Waals surface area contributed by atoms with Crippen molar-refractivity contribution >= 4 is 0 Å². The minimum Gasteiger partial charge on any atom is -0.489 e. The number of ether oxygens (including phenoxy) is 2. The molecule has 0 radical (unpaired) electrons. The van der Waals surface area contributed by atoms with Crippen molar-refractivity contribution in [2.75, 3.05) is 32.9 Å². The third-order valence-corrected chi connectivity index (χ3v) is 2.68. The summed E-state index contributed by atoms with van der Waals surface area (Å²) in [6, 6.07) is 0. The molecule has 0 aromatic carbocycles. The van der Waals surface area contributed by atoms with E-state index in [1.54, 1.807) is 6.20 Å².